The molecular weight excluding hydrogens is 260 g/mol. The fraction of sp³-hybridized carbons (Fsp3) is 0.700. The van der Waals surface area contributed by atoms with Crippen molar-refractivity contribution in [1.82, 2.24) is 9.97 Å². The van der Waals surface area contributed by atoms with Crippen LogP contribution in [0.5, 0.6) is 0 Å². The molecule has 0 aliphatic heterocycles. The number of aromatic amines is 1. The van der Waals surface area contributed by atoms with E-state index in [9.17, 15) is 0 Å². The molecule has 1 rings (SSSR count). The standard InChI is InChI=1S/C10H17BrN2S/c1-10(2,3)8(6-11)7-14-9-12-4-5-13-9/h4-5,8H,6-7H2,1-3H3,(H,12,13). The van der Waals surface area contributed by atoms with Crippen LogP contribution in [0.25, 0.3) is 0 Å². The van der Waals surface area contributed by atoms with Crippen LogP contribution in [0.1, 0.15) is 20.8 Å². The van der Waals surface area contributed by atoms with E-state index < -0.39 is 0 Å². The summed E-state index contributed by atoms with van der Waals surface area (Å²) in [6, 6.07) is 0. The highest BCUT2D eigenvalue weighted by molar-refractivity contribution is 9.09. The Balaban J connectivity index is 2.43. The first kappa shape index (κ1) is 12.1. The molecule has 2 nitrogen and oxygen atoms in total. The number of nitrogens with one attached hydrogen (secondary N) is 1. The van der Waals surface area contributed by atoms with E-state index in [-0.39, 0.29) is 0 Å². The second-order valence-corrected chi connectivity index (χ2v) is 6.08. The zero-order valence-corrected chi connectivity index (χ0v) is 11.3. The molecule has 0 saturated carbocycles. The predicted octanol–water partition coefficient (Wildman–Crippen LogP) is 3.56. The lowest BCUT2D eigenvalue weighted by atomic mass is 9.83. The molecule has 1 aromatic rings. The molecule has 0 saturated heterocycles. The van der Waals surface area contributed by atoms with Gasteiger partial charge in [0.25, 0.3) is 0 Å². The van der Waals surface area contributed by atoms with E-state index in [4.69, 9.17) is 0 Å². The van der Waals surface area contributed by atoms with Crippen molar-refractivity contribution in [3.63, 3.8) is 0 Å². The molecule has 1 aromatic heterocycles. The lowest BCUT2D eigenvalue weighted by molar-refractivity contribution is 0.295. The van der Waals surface area contributed by atoms with Gasteiger partial charge in [-0.25, -0.2) is 4.98 Å². The molecule has 0 amide bonds. The van der Waals surface area contributed by atoms with Crippen molar-refractivity contribution in [1.29, 1.82) is 0 Å². The Morgan fingerprint density at radius 3 is 2.71 bits per heavy atom. The molecule has 80 valence electrons. The Morgan fingerprint density at radius 1 is 1.57 bits per heavy atom. The van der Waals surface area contributed by atoms with Gasteiger partial charge in [0.05, 0.1) is 0 Å². The third kappa shape index (κ3) is 3.65. The predicted molar refractivity (Wildman–Crippen MR) is 66.1 cm³/mol. The molecular formula is C10H17BrN2S. The van der Waals surface area contributed by atoms with Crippen molar-refractivity contribution in [3.05, 3.63) is 12.4 Å². The maximum absolute atomic E-state index is 4.20. The molecule has 14 heavy (non-hydrogen) atoms. The number of nitrogens with zero attached hydrogens (tertiary/aromatic N) is 1. The van der Waals surface area contributed by atoms with Crippen LogP contribution < -0.4 is 0 Å². The van der Waals surface area contributed by atoms with Gasteiger partial charge in [-0.1, -0.05) is 48.5 Å². The molecule has 0 radical (unpaired) electrons. The molecule has 4 heteroatoms. The molecule has 0 aliphatic carbocycles. The van der Waals surface area contributed by atoms with Crippen molar-refractivity contribution >= 4 is 27.7 Å². The van der Waals surface area contributed by atoms with Crippen molar-refractivity contribution in [2.45, 2.75) is 25.9 Å². The van der Waals surface area contributed by atoms with Crippen LogP contribution in [0.15, 0.2) is 17.6 Å². The minimum atomic E-state index is 0.350. The second-order valence-electron chi connectivity index (χ2n) is 4.42. The van der Waals surface area contributed by atoms with Gasteiger partial charge in [-0.05, 0) is 11.3 Å². The van der Waals surface area contributed by atoms with Gasteiger partial charge in [0, 0.05) is 23.5 Å². The first-order chi connectivity index (χ1) is 6.54. The number of halogens is 1. The zero-order chi connectivity index (χ0) is 10.6. The van der Waals surface area contributed by atoms with Gasteiger partial charge in [0.15, 0.2) is 5.16 Å². The van der Waals surface area contributed by atoms with Gasteiger partial charge < -0.3 is 4.98 Å². The number of alkyl halides is 1. The summed E-state index contributed by atoms with van der Waals surface area (Å²) in [5.74, 6) is 1.76. The van der Waals surface area contributed by atoms with Crippen LogP contribution in [-0.4, -0.2) is 21.1 Å². The Hall–Kier alpha value is 0.0400. The van der Waals surface area contributed by atoms with Crippen LogP contribution in [-0.2, 0) is 0 Å². The molecule has 1 heterocycles. The smallest absolute Gasteiger partial charge is 0.165 e. The van der Waals surface area contributed by atoms with Crippen LogP contribution in [0.4, 0.5) is 0 Å². The van der Waals surface area contributed by atoms with E-state index in [0.717, 1.165) is 16.2 Å². The first-order valence-electron chi connectivity index (χ1n) is 4.72. The highest BCUT2D eigenvalue weighted by atomic mass is 79.9. The number of rotatable bonds is 4. The molecule has 0 fully saturated rings. The molecule has 0 bridgehead atoms. The number of thioether (sulfide) groups is 1. The van der Waals surface area contributed by atoms with Gasteiger partial charge in [0.2, 0.25) is 0 Å². The van der Waals surface area contributed by atoms with Gasteiger partial charge in [-0.15, -0.1) is 0 Å². The highest BCUT2D eigenvalue weighted by Crippen LogP contribution is 2.31. The Morgan fingerprint density at radius 2 is 2.29 bits per heavy atom. The fourth-order valence-electron chi connectivity index (χ4n) is 1.04. The van der Waals surface area contributed by atoms with Gasteiger partial charge >= 0.3 is 0 Å². The SMILES string of the molecule is CC(C)(C)C(CBr)CSc1ncc[nH]1. The summed E-state index contributed by atoms with van der Waals surface area (Å²) in [6.45, 7) is 6.84. The number of H-pyrrole nitrogens is 1. The Bertz CT molecular complexity index is 254. The largest absolute Gasteiger partial charge is 0.340 e. The molecule has 1 N–H and O–H groups in total. The molecule has 0 spiro atoms. The van der Waals surface area contributed by atoms with Crippen molar-refractivity contribution in [3.8, 4) is 0 Å². The average Bonchev–Trinajstić information content (AvgIpc) is 2.55. The van der Waals surface area contributed by atoms with Crippen molar-refractivity contribution in [2.75, 3.05) is 11.1 Å². The fourth-order valence-corrected chi connectivity index (χ4v) is 3.80. The topological polar surface area (TPSA) is 28.7 Å². The van der Waals surface area contributed by atoms with E-state index in [2.05, 4.69) is 46.7 Å². The first-order valence-corrected chi connectivity index (χ1v) is 6.83. The monoisotopic (exact) mass is 276 g/mol. The summed E-state index contributed by atoms with van der Waals surface area (Å²) in [7, 11) is 0. The highest BCUT2D eigenvalue weighted by Gasteiger charge is 2.23. The summed E-state index contributed by atoms with van der Waals surface area (Å²) in [6.07, 6.45) is 3.66. The molecule has 1 unspecified atom stereocenters. The Labute approximate surface area is 98.4 Å². The number of hydrogen-bond acceptors (Lipinski definition) is 2. The van der Waals surface area contributed by atoms with Crippen molar-refractivity contribution in [2.24, 2.45) is 11.3 Å². The minimum absolute atomic E-state index is 0.350. The normalized spacial score (nSPS) is 14.3. The van der Waals surface area contributed by atoms with Crippen LogP contribution in [0.2, 0.25) is 0 Å². The maximum atomic E-state index is 4.20. The van der Waals surface area contributed by atoms with E-state index in [1.54, 1.807) is 18.0 Å². The van der Waals surface area contributed by atoms with Gasteiger partial charge in [-0.3, -0.25) is 0 Å². The lowest BCUT2D eigenvalue weighted by Crippen LogP contribution is -2.24. The Kier molecular flexibility index (Phi) is 4.51. The minimum Gasteiger partial charge on any atom is -0.340 e. The average molecular weight is 277 g/mol. The summed E-state index contributed by atoms with van der Waals surface area (Å²) in [4.78, 5) is 7.30. The van der Waals surface area contributed by atoms with Crippen LogP contribution >= 0.6 is 27.7 Å². The summed E-state index contributed by atoms with van der Waals surface area (Å²) >= 11 is 5.36. The van der Waals surface area contributed by atoms with Crippen LogP contribution in [0.3, 0.4) is 0 Å². The van der Waals surface area contributed by atoms with E-state index >= 15 is 0 Å². The van der Waals surface area contributed by atoms with Crippen molar-refractivity contribution < 1.29 is 0 Å². The lowest BCUT2D eigenvalue weighted by Gasteiger charge is -2.28. The number of imidazole rings is 1. The van der Waals surface area contributed by atoms with Gasteiger partial charge in [0.1, 0.15) is 0 Å². The van der Waals surface area contributed by atoms with E-state index in [1.165, 1.54) is 0 Å². The molecule has 1 atom stereocenters. The summed E-state index contributed by atoms with van der Waals surface area (Å²) in [5.41, 5.74) is 0.350. The third-order valence-corrected chi connectivity index (χ3v) is 4.15. The second kappa shape index (κ2) is 5.21. The van der Waals surface area contributed by atoms with Crippen LogP contribution in [0, 0.1) is 11.3 Å². The van der Waals surface area contributed by atoms with E-state index in [1.807, 2.05) is 6.20 Å². The zero-order valence-electron chi connectivity index (χ0n) is 8.88. The quantitative estimate of drug-likeness (QED) is 0.673. The molecule has 0 aliphatic rings. The third-order valence-electron chi connectivity index (χ3n) is 2.31. The number of hydrogen-bond donors (Lipinski definition) is 1. The molecule has 0 aromatic carbocycles. The summed E-state index contributed by atoms with van der Waals surface area (Å²) in [5, 5.41) is 2.06. The number of aromatic nitrogens is 2. The summed E-state index contributed by atoms with van der Waals surface area (Å²) < 4.78 is 0. The van der Waals surface area contributed by atoms with E-state index in [0.29, 0.717) is 11.3 Å². The maximum Gasteiger partial charge on any atom is 0.165 e. The van der Waals surface area contributed by atoms with Gasteiger partial charge in [-0.2, -0.15) is 0 Å².